The molecule has 0 atom stereocenters. The second-order valence-electron chi connectivity index (χ2n) is 6.37. The number of hydrogen-bond donors (Lipinski definition) is 0. The lowest BCUT2D eigenvalue weighted by molar-refractivity contribution is 0.0743. The molecule has 2 heterocycles. The maximum absolute atomic E-state index is 13.0. The predicted molar refractivity (Wildman–Crippen MR) is 103 cm³/mol. The number of fused-ring (bicyclic) bond motifs is 1. The summed E-state index contributed by atoms with van der Waals surface area (Å²) in [5, 5.41) is 0. The topological polar surface area (TPSA) is 51.7 Å². The number of carbonyl (C=O) groups excluding carboxylic acids is 1. The van der Waals surface area contributed by atoms with E-state index in [-0.39, 0.29) is 5.91 Å². The Labute approximate surface area is 158 Å². The predicted octanol–water partition coefficient (Wildman–Crippen LogP) is 3.79. The number of ether oxygens (including phenoxy) is 2. The SMILES string of the molecule is COc1cccc(CN2CCOc3cc(-c4ccncc4)ccc3C2=O)c1. The highest BCUT2D eigenvalue weighted by Gasteiger charge is 2.24. The summed E-state index contributed by atoms with van der Waals surface area (Å²) >= 11 is 0. The Morgan fingerprint density at radius 3 is 2.74 bits per heavy atom. The quantitative estimate of drug-likeness (QED) is 0.710. The van der Waals surface area contributed by atoms with Crippen LogP contribution in [0, 0.1) is 0 Å². The second kappa shape index (κ2) is 7.50. The first-order valence-electron chi connectivity index (χ1n) is 8.84. The number of methoxy groups -OCH3 is 1. The lowest BCUT2D eigenvalue weighted by atomic mass is 10.0. The van der Waals surface area contributed by atoms with E-state index in [2.05, 4.69) is 4.98 Å². The normalized spacial score (nSPS) is 13.5. The van der Waals surface area contributed by atoms with Gasteiger partial charge in [-0.3, -0.25) is 9.78 Å². The van der Waals surface area contributed by atoms with Crippen molar-refractivity contribution in [3.63, 3.8) is 0 Å². The van der Waals surface area contributed by atoms with Crippen molar-refractivity contribution in [2.24, 2.45) is 0 Å². The largest absolute Gasteiger partial charge is 0.497 e. The number of aromatic nitrogens is 1. The fourth-order valence-corrected chi connectivity index (χ4v) is 3.22. The Morgan fingerprint density at radius 2 is 1.93 bits per heavy atom. The number of hydrogen-bond acceptors (Lipinski definition) is 4. The van der Waals surface area contributed by atoms with Crippen LogP contribution in [0.4, 0.5) is 0 Å². The molecule has 0 unspecified atom stereocenters. The van der Waals surface area contributed by atoms with Crippen LogP contribution in [0.3, 0.4) is 0 Å². The Hall–Kier alpha value is -3.34. The van der Waals surface area contributed by atoms with Crippen LogP contribution in [-0.4, -0.2) is 36.1 Å². The third-order valence-corrected chi connectivity index (χ3v) is 4.64. The second-order valence-corrected chi connectivity index (χ2v) is 6.37. The highest BCUT2D eigenvalue weighted by molar-refractivity contribution is 5.98. The van der Waals surface area contributed by atoms with Gasteiger partial charge in [0.1, 0.15) is 18.1 Å². The zero-order valence-electron chi connectivity index (χ0n) is 15.1. The number of nitrogens with zero attached hydrogens (tertiary/aromatic N) is 2. The standard InChI is InChI=1S/C22H20N2O3/c1-26-19-4-2-3-16(13-19)15-24-11-12-27-21-14-18(5-6-20(21)22(24)25)17-7-9-23-10-8-17/h2-10,13-14H,11-12,15H2,1H3. The first kappa shape index (κ1) is 17.1. The van der Waals surface area contributed by atoms with Gasteiger partial charge in [0.15, 0.2) is 0 Å². The van der Waals surface area contributed by atoms with Gasteiger partial charge in [-0.1, -0.05) is 18.2 Å². The van der Waals surface area contributed by atoms with E-state index in [4.69, 9.17) is 9.47 Å². The molecule has 1 aromatic heterocycles. The minimum Gasteiger partial charge on any atom is -0.497 e. The van der Waals surface area contributed by atoms with Crippen LogP contribution in [-0.2, 0) is 6.54 Å². The summed E-state index contributed by atoms with van der Waals surface area (Å²) in [6.07, 6.45) is 3.51. The molecule has 0 fully saturated rings. The van der Waals surface area contributed by atoms with Crippen molar-refractivity contribution < 1.29 is 14.3 Å². The van der Waals surface area contributed by atoms with Gasteiger partial charge in [0, 0.05) is 18.9 Å². The highest BCUT2D eigenvalue weighted by atomic mass is 16.5. The lowest BCUT2D eigenvalue weighted by Crippen LogP contribution is -2.31. The summed E-state index contributed by atoms with van der Waals surface area (Å²) in [4.78, 5) is 18.9. The van der Waals surface area contributed by atoms with Gasteiger partial charge >= 0.3 is 0 Å². The van der Waals surface area contributed by atoms with Crippen LogP contribution in [0.5, 0.6) is 11.5 Å². The molecule has 0 radical (unpaired) electrons. The van der Waals surface area contributed by atoms with Crippen LogP contribution in [0.1, 0.15) is 15.9 Å². The average Bonchev–Trinajstić information content (AvgIpc) is 2.87. The molecule has 27 heavy (non-hydrogen) atoms. The number of carbonyl (C=O) groups is 1. The van der Waals surface area contributed by atoms with Crippen LogP contribution < -0.4 is 9.47 Å². The summed E-state index contributed by atoms with van der Waals surface area (Å²) < 4.78 is 11.2. The van der Waals surface area contributed by atoms with Crippen molar-refractivity contribution in [2.75, 3.05) is 20.3 Å². The van der Waals surface area contributed by atoms with E-state index in [1.807, 2.05) is 59.5 Å². The smallest absolute Gasteiger partial charge is 0.258 e. The van der Waals surface area contributed by atoms with E-state index < -0.39 is 0 Å². The van der Waals surface area contributed by atoms with Gasteiger partial charge < -0.3 is 14.4 Å². The zero-order chi connectivity index (χ0) is 18.6. The zero-order valence-corrected chi connectivity index (χ0v) is 15.1. The van der Waals surface area contributed by atoms with Crippen LogP contribution >= 0.6 is 0 Å². The first-order chi connectivity index (χ1) is 13.2. The number of amides is 1. The Morgan fingerprint density at radius 1 is 1.07 bits per heavy atom. The average molecular weight is 360 g/mol. The van der Waals surface area contributed by atoms with Gasteiger partial charge in [-0.2, -0.15) is 0 Å². The summed E-state index contributed by atoms with van der Waals surface area (Å²) in [5.41, 5.74) is 3.67. The molecule has 136 valence electrons. The van der Waals surface area contributed by atoms with E-state index in [1.165, 1.54) is 0 Å². The molecule has 0 spiro atoms. The Balaban J connectivity index is 1.60. The molecule has 2 aromatic carbocycles. The van der Waals surface area contributed by atoms with Gasteiger partial charge in [-0.15, -0.1) is 0 Å². The molecule has 1 aliphatic rings. The molecule has 1 amide bonds. The van der Waals surface area contributed by atoms with Gasteiger partial charge in [0.25, 0.3) is 5.91 Å². The van der Waals surface area contributed by atoms with Crippen molar-refractivity contribution in [1.82, 2.24) is 9.88 Å². The van der Waals surface area contributed by atoms with Crippen LogP contribution in [0.2, 0.25) is 0 Å². The lowest BCUT2D eigenvalue weighted by Gasteiger charge is -2.20. The van der Waals surface area contributed by atoms with E-state index in [0.717, 1.165) is 22.4 Å². The van der Waals surface area contributed by atoms with Crippen molar-refractivity contribution in [2.45, 2.75) is 6.54 Å². The molecule has 5 nitrogen and oxygen atoms in total. The molecule has 4 rings (SSSR count). The maximum Gasteiger partial charge on any atom is 0.258 e. The van der Waals surface area contributed by atoms with Crippen molar-refractivity contribution in [3.05, 3.63) is 78.1 Å². The van der Waals surface area contributed by atoms with Crippen LogP contribution in [0.25, 0.3) is 11.1 Å². The van der Waals surface area contributed by atoms with Gasteiger partial charge in [-0.25, -0.2) is 0 Å². The van der Waals surface area contributed by atoms with Crippen molar-refractivity contribution in [1.29, 1.82) is 0 Å². The molecular formula is C22H20N2O3. The fourth-order valence-electron chi connectivity index (χ4n) is 3.22. The van der Waals surface area contributed by atoms with E-state index in [9.17, 15) is 4.79 Å². The molecule has 0 N–H and O–H groups in total. The molecule has 3 aromatic rings. The summed E-state index contributed by atoms with van der Waals surface area (Å²) in [6.45, 7) is 1.52. The van der Waals surface area contributed by atoms with Crippen LogP contribution in [0.15, 0.2) is 67.0 Å². The maximum atomic E-state index is 13.0. The summed E-state index contributed by atoms with van der Waals surface area (Å²) in [6, 6.07) is 17.4. The van der Waals surface area contributed by atoms with E-state index in [0.29, 0.717) is 31.0 Å². The number of rotatable bonds is 4. The van der Waals surface area contributed by atoms with Gasteiger partial charge in [0.2, 0.25) is 0 Å². The summed E-state index contributed by atoms with van der Waals surface area (Å²) in [5.74, 6) is 1.39. The molecule has 0 saturated heterocycles. The molecule has 1 aliphatic heterocycles. The fraction of sp³-hybridized carbons (Fsp3) is 0.182. The Kier molecular flexibility index (Phi) is 4.75. The van der Waals surface area contributed by atoms with Crippen molar-refractivity contribution in [3.8, 4) is 22.6 Å². The van der Waals surface area contributed by atoms with Gasteiger partial charge in [0.05, 0.1) is 19.2 Å². The first-order valence-corrected chi connectivity index (χ1v) is 8.84. The third-order valence-electron chi connectivity index (χ3n) is 4.64. The number of pyridine rings is 1. The van der Waals surface area contributed by atoms with Crippen molar-refractivity contribution >= 4 is 5.91 Å². The number of benzene rings is 2. The monoisotopic (exact) mass is 360 g/mol. The summed E-state index contributed by atoms with van der Waals surface area (Å²) in [7, 11) is 1.64. The highest BCUT2D eigenvalue weighted by Crippen LogP contribution is 2.30. The molecule has 0 saturated carbocycles. The third kappa shape index (κ3) is 3.62. The van der Waals surface area contributed by atoms with E-state index in [1.54, 1.807) is 19.5 Å². The van der Waals surface area contributed by atoms with E-state index >= 15 is 0 Å². The minimum absolute atomic E-state index is 0.0217. The Bertz CT molecular complexity index is 957. The molecule has 0 bridgehead atoms. The molecular weight excluding hydrogens is 340 g/mol. The molecule has 0 aliphatic carbocycles. The molecule has 5 heteroatoms. The van der Waals surface area contributed by atoms with Gasteiger partial charge in [-0.05, 0) is 53.1 Å². The minimum atomic E-state index is -0.0217.